The van der Waals surface area contributed by atoms with Gasteiger partial charge in [-0.3, -0.25) is 10.0 Å². The Balaban J connectivity index is 2.64. The van der Waals surface area contributed by atoms with Gasteiger partial charge in [-0.1, -0.05) is 24.3 Å². The van der Waals surface area contributed by atoms with Crippen LogP contribution < -0.4 is 5.48 Å². The standard InChI is InChI=1S/C9H8NO2/c11-9(10-12)7-6-8-4-2-1-3-5-8/h2-7,12H,(H,10,11). The molecule has 1 radical (unpaired) electrons. The molecule has 0 aliphatic heterocycles. The minimum Gasteiger partial charge on any atom is -0.288 e. The second kappa shape index (κ2) is 4.31. The van der Waals surface area contributed by atoms with Crippen molar-refractivity contribution in [2.45, 2.75) is 0 Å². The molecule has 61 valence electrons. The summed E-state index contributed by atoms with van der Waals surface area (Å²) in [6, 6.07) is 9.96. The van der Waals surface area contributed by atoms with Crippen molar-refractivity contribution in [1.82, 2.24) is 5.48 Å². The first-order valence-electron chi connectivity index (χ1n) is 3.41. The smallest absolute Gasteiger partial charge is 0.267 e. The normalized spacial score (nSPS) is 10.1. The second-order valence-electron chi connectivity index (χ2n) is 2.14. The molecule has 0 bridgehead atoms. The molecule has 0 aromatic heterocycles. The van der Waals surface area contributed by atoms with E-state index in [1.54, 1.807) is 30.3 Å². The maximum absolute atomic E-state index is 10.5. The molecule has 0 saturated carbocycles. The van der Waals surface area contributed by atoms with Crippen molar-refractivity contribution in [3.8, 4) is 0 Å². The predicted octanol–water partition coefficient (Wildman–Crippen LogP) is 1.01. The summed E-state index contributed by atoms with van der Waals surface area (Å²) in [5.74, 6) is -0.539. The van der Waals surface area contributed by atoms with Crippen LogP contribution in [0.15, 0.2) is 30.3 Å². The molecule has 0 unspecified atom stereocenters. The summed E-state index contributed by atoms with van der Waals surface area (Å²) in [5, 5.41) is 8.16. The fourth-order valence-electron chi connectivity index (χ4n) is 0.720. The Morgan fingerprint density at radius 2 is 2.17 bits per heavy atom. The zero-order valence-electron chi connectivity index (χ0n) is 6.32. The topological polar surface area (TPSA) is 49.3 Å². The molecule has 1 amide bonds. The molecular weight excluding hydrogens is 154 g/mol. The van der Waals surface area contributed by atoms with Crippen LogP contribution in [0.3, 0.4) is 0 Å². The number of hydrogen-bond donors (Lipinski definition) is 2. The van der Waals surface area contributed by atoms with E-state index in [9.17, 15) is 4.79 Å². The average molecular weight is 162 g/mol. The van der Waals surface area contributed by atoms with Crippen molar-refractivity contribution in [2.75, 3.05) is 0 Å². The Kier molecular flexibility index (Phi) is 3.04. The maximum Gasteiger partial charge on any atom is 0.267 e. The summed E-state index contributed by atoms with van der Waals surface area (Å²) in [5.41, 5.74) is 2.39. The first-order chi connectivity index (χ1) is 5.83. The molecule has 3 heteroatoms. The van der Waals surface area contributed by atoms with Gasteiger partial charge in [0.2, 0.25) is 0 Å². The monoisotopic (exact) mass is 162 g/mol. The van der Waals surface area contributed by atoms with Crippen LogP contribution >= 0.6 is 0 Å². The molecule has 3 nitrogen and oxygen atoms in total. The molecule has 1 aromatic rings. The number of hydrogen-bond acceptors (Lipinski definition) is 2. The third-order valence-corrected chi connectivity index (χ3v) is 1.28. The molecule has 0 aliphatic rings. The molecule has 1 rings (SSSR count). The largest absolute Gasteiger partial charge is 0.288 e. The van der Waals surface area contributed by atoms with Gasteiger partial charge in [-0.15, -0.1) is 0 Å². The van der Waals surface area contributed by atoms with E-state index in [2.05, 4.69) is 6.07 Å². The van der Waals surface area contributed by atoms with Crippen molar-refractivity contribution in [3.05, 3.63) is 42.0 Å². The Hall–Kier alpha value is -1.61. The first kappa shape index (κ1) is 8.49. The van der Waals surface area contributed by atoms with Crippen LogP contribution in [0.4, 0.5) is 0 Å². The van der Waals surface area contributed by atoms with Crippen molar-refractivity contribution < 1.29 is 10.0 Å². The zero-order chi connectivity index (χ0) is 8.81. The lowest BCUT2D eigenvalue weighted by Crippen LogP contribution is -2.14. The number of amides is 1. The van der Waals surface area contributed by atoms with Gasteiger partial charge < -0.3 is 0 Å². The van der Waals surface area contributed by atoms with Gasteiger partial charge in [0.15, 0.2) is 0 Å². The average Bonchev–Trinajstić information content (AvgIpc) is 2.16. The quantitative estimate of drug-likeness (QED) is 0.387. The Labute approximate surface area is 70.3 Å². The van der Waals surface area contributed by atoms with Gasteiger partial charge >= 0.3 is 0 Å². The number of nitrogens with one attached hydrogen (secondary N) is 1. The van der Waals surface area contributed by atoms with Gasteiger partial charge in [-0.2, -0.15) is 0 Å². The number of benzene rings is 1. The lowest BCUT2D eigenvalue weighted by atomic mass is 10.2. The highest BCUT2D eigenvalue weighted by Gasteiger charge is 1.88. The van der Waals surface area contributed by atoms with Crippen LogP contribution in [-0.2, 0) is 4.79 Å². The molecule has 0 heterocycles. The fourth-order valence-corrected chi connectivity index (χ4v) is 0.720. The van der Waals surface area contributed by atoms with E-state index in [0.29, 0.717) is 0 Å². The Bertz CT molecular complexity index is 280. The van der Waals surface area contributed by atoms with E-state index in [1.165, 1.54) is 11.6 Å². The Morgan fingerprint density at radius 1 is 1.50 bits per heavy atom. The van der Waals surface area contributed by atoms with Crippen molar-refractivity contribution in [3.63, 3.8) is 0 Å². The van der Waals surface area contributed by atoms with E-state index >= 15 is 0 Å². The van der Waals surface area contributed by atoms with Gasteiger partial charge in [0, 0.05) is 6.08 Å². The van der Waals surface area contributed by atoms with Crippen molar-refractivity contribution >= 4 is 12.0 Å². The third-order valence-electron chi connectivity index (χ3n) is 1.28. The zero-order valence-corrected chi connectivity index (χ0v) is 6.32. The molecule has 12 heavy (non-hydrogen) atoms. The molecule has 0 fully saturated rings. The highest BCUT2D eigenvalue weighted by Crippen LogP contribution is 1.99. The van der Waals surface area contributed by atoms with Gasteiger partial charge in [-0.25, -0.2) is 5.48 Å². The summed E-state index contributed by atoms with van der Waals surface area (Å²) in [4.78, 5) is 10.5. The number of carbonyl (C=O) groups excluding carboxylic acids is 1. The van der Waals surface area contributed by atoms with Gasteiger partial charge in [0.25, 0.3) is 5.91 Å². The highest BCUT2D eigenvalue weighted by atomic mass is 16.5. The predicted molar refractivity (Wildman–Crippen MR) is 44.2 cm³/mol. The third kappa shape index (κ3) is 2.56. The van der Waals surface area contributed by atoms with E-state index in [-0.39, 0.29) is 0 Å². The van der Waals surface area contributed by atoms with Crippen LogP contribution in [0.25, 0.3) is 6.08 Å². The van der Waals surface area contributed by atoms with Gasteiger partial charge in [0.05, 0.1) is 0 Å². The summed E-state index contributed by atoms with van der Waals surface area (Å²) >= 11 is 0. The lowest BCUT2D eigenvalue weighted by Gasteiger charge is -1.90. The molecule has 1 aromatic carbocycles. The van der Waals surface area contributed by atoms with Gasteiger partial charge in [-0.05, 0) is 17.7 Å². The fraction of sp³-hybridized carbons (Fsp3) is 0. The maximum atomic E-state index is 10.5. The van der Waals surface area contributed by atoms with E-state index < -0.39 is 5.91 Å². The molecule has 0 spiro atoms. The summed E-state index contributed by atoms with van der Waals surface area (Å²) in [6.45, 7) is 0. The molecule has 0 atom stereocenters. The molecule has 0 aliphatic carbocycles. The molecule has 0 saturated heterocycles. The van der Waals surface area contributed by atoms with E-state index in [0.717, 1.165) is 5.56 Å². The minimum absolute atomic E-state index is 0.539. The summed E-state index contributed by atoms with van der Waals surface area (Å²) in [7, 11) is 0. The highest BCUT2D eigenvalue weighted by molar-refractivity contribution is 5.90. The van der Waals surface area contributed by atoms with Gasteiger partial charge in [0.1, 0.15) is 0 Å². The van der Waals surface area contributed by atoms with Crippen LogP contribution in [-0.4, -0.2) is 11.1 Å². The van der Waals surface area contributed by atoms with Crippen LogP contribution in [0.2, 0.25) is 0 Å². The Morgan fingerprint density at radius 3 is 2.75 bits per heavy atom. The molecular formula is C9H8NO2. The number of rotatable bonds is 2. The van der Waals surface area contributed by atoms with E-state index in [4.69, 9.17) is 5.21 Å². The summed E-state index contributed by atoms with van der Waals surface area (Å²) < 4.78 is 0. The minimum atomic E-state index is -0.539. The van der Waals surface area contributed by atoms with Crippen LogP contribution in [0.5, 0.6) is 0 Å². The van der Waals surface area contributed by atoms with E-state index in [1.807, 2.05) is 0 Å². The molecule has 2 N–H and O–H groups in total. The number of carbonyl (C=O) groups is 1. The van der Waals surface area contributed by atoms with Crippen LogP contribution in [0.1, 0.15) is 5.56 Å². The van der Waals surface area contributed by atoms with Crippen molar-refractivity contribution in [2.24, 2.45) is 0 Å². The van der Waals surface area contributed by atoms with Crippen LogP contribution in [0, 0.1) is 6.07 Å². The lowest BCUT2D eigenvalue weighted by molar-refractivity contribution is -0.124. The number of hydroxylamine groups is 1. The first-order valence-corrected chi connectivity index (χ1v) is 3.41. The SMILES string of the molecule is O=C(C=Cc1cc[c]cc1)NO. The van der Waals surface area contributed by atoms with Crippen molar-refractivity contribution in [1.29, 1.82) is 0 Å². The second-order valence-corrected chi connectivity index (χ2v) is 2.14. The summed E-state index contributed by atoms with van der Waals surface area (Å²) in [6.07, 6.45) is 2.84.